The maximum atomic E-state index is 9.67. The number of methoxy groups -OCH3 is 1. The van der Waals surface area contributed by atoms with E-state index in [1.807, 2.05) is 0 Å². The second-order valence-corrected chi connectivity index (χ2v) is 4.07. The van der Waals surface area contributed by atoms with Crippen LogP contribution in [0, 0.1) is 0 Å². The van der Waals surface area contributed by atoms with Crippen molar-refractivity contribution in [2.75, 3.05) is 13.7 Å². The Hall–Kier alpha value is -2.24. The van der Waals surface area contributed by atoms with Crippen molar-refractivity contribution >= 4 is 10.9 Å². The van der Waals surface area contributed by atoms with Crippen molar-refractivity contribution in [1.29, 1.82) is 0 Å². The number of aromatic hydroxyl groups is 2. The van der Waals surface area contributed by atoms with Crippen LogP contribution in [0.25, 0.3) is 10.9 Å². The molecule has 0 aliphatic carbocycles. The van der Waals surface area contributed by atoms with Crippen LogP contribution in [0.1, 0.15) is 19.8 Å². The van der Waals surface area contributed by atoms with Crippen LogP contribution in [-0.2, 0) is 0 Å². The van der Waals surface area contributed by atoms with Gasteiger partial charge in [0.1, 0.15) is 0 Å². The van der Waals surface area contributed by atoms with Crippen LogP contribution < -0.4 is 9.47 Å². The maximum Gasteiger partial charge on any atom is 0.317 e. The molecule has 6 nitrogen and oxygen atoms in total. The highest BCUT2D eigenvalue weighted by atomic mass is 16.5. The SMILES string of the molecule is CCCCOc1cc2nc(O)nc(O)c2cc1OC. The summed E-state index contributed by atoms with van der Waals surface area (Å²) >= 11 is 0. The van der Waals surface area contributed by atoms with E-state index in [9.17, 15) is 10.2 Å². The molecule has 0 amide bonds. The van der Waals surface area contributed by atoms with Crippen molar-refractivity contribution in [3.8, 4) is 23.4 Å². The largest absolute Gasteiger partial charge is 0.493 e. The third-order valence-electron chi connectivity index (χ3n) is 2.70. The molecule has 0 saturated heterocycles. The van der Waals surface area contributed by atoms with E-state index < -0.39 is 6.01 Å². The highest BCUT2D eigenvalue weighted by Gasteiger charge is 2.12. The molecule has 0 bridgehead atoms. The van der Waals surface area contributed by atoms with Crippen molar-refractivity contribution in [2.24, 2.45) is 0 Å². The minimum absolute atomic E-state index is 0.291. The zero-order valence-electron chi connectivity index (χ0n) is 10.9. The highest BCUT2D eigenvalue weighted by Crippen LogP contribution is 2.35. The third-order valence-corrected chi connectivity index (χ3v) is 2.70. The molecule has 2 aromatic rings. The summed E-state index contributed by atoms with van der Waals surface area (Å²) in [5.74, 6) is 0.732. The highest BCUT2D eigenvalue weighted by molar-refractivity contribution is 5.86. The number of rotatable bonds is 5. The summed E-state index contributed by atoms with van der Waals surface area (Å²) in [5, 5.41) is 19.4. The molecule has 2 N–H and O–H groups in total. The van der Waals surface area contributed by atoms with Gasteiger partial charge in [0.15, 0.2) is 11.5 Å². The van der Waals surface area contributed by atoms with E-state index in [1.54, 1.807) is 12.1 Å². The number of unbranched alkanes of at least 4 members (excludes halogenated alkanes) is 1. The second kappa shape index (κ2) is 5.60. The van der Waals surface area contributed by atoms with Gasteiger partial charge in [-0.25, -0.2) is 0 Å². The van der Waals surface area contributed by atoms with Gasteiger partial charge in [-0.15, -0.1) is 0 Å². The van der Waals surface area contributed by atoms with Crippen LogP contribution in [0.5, 0.6) is 23.4 Å². The van der Waals surface area contributed by atoms with E-state index in [0.29, 0.717) is 29.0 Å². The van der Waals surface area contributed by atoms with Crippen LogP contribution in [0.4, 0.5) is 0 Å². The van der Waals surface area contributed by atoms with Gasteiger partial charge in [-0.1, -0.05) is 13.3 Å². The molecule has 19 heavy (non-hydrogen) atoms. The van der Waals surface area contributed by atoms with E-state index >= 15 is 0 Å². The zero-order chi connectivity index (χ0) is 13.8. The van der Waals surface area contributed by atoms with Crippen molar-refractivity contribution in [2.45, 2.75) is 19.8 Å². The van der Waals surface area contributed by atoms with Gasteiger partial charge in [0, 0.05) is 6.07 Å². The van der Waals surface area contributed by atoms with Crippen molar-refractivity contribution in [1.82, 2.24) is 9.97 Å². The lowest BCUT2D eigenvalue weighted by Gasteiger charge is -2.11. The topological polar surface area (TPSA) is 84.7 Å². The van der Waals surface area contributed by atoms with Gasteiger partial charge < -0.3 is 19.7 Å². The molecule has 6 heteroatoms. The van der Waals surface area contributed by atoms with Gasteiger partial charge in [0.2, 0.25) is 5.88 Å². The number of ether oxygens (including phenoxy) is 2. The number of benzene rings is 1. The number of hydrogen-bond acceptors (Lipinski definition) is 6. The summed E-state index contributed by atoms with van der Waals surface area (Å²) in [6.07, 6.45) is 1.96. The molecule has 102 valence electrons. The molecule has 0 aliphatic rings. The fourth-order valence-electron chi connectivity index (χ4n) is 1.71. The fourth-order valence-corrected chi connectivity index (χ4v) is 1.71. The minimum atomic E-state index is -0.477. The van der Waals surface area contributed by atoms with Gasteiger partial charge in [0.05, 0.1) is 24.6 Å². The summed E-state index contributed by atoms with van der Waals surface area (Å²) in [5.41, 5.74) is 0.400. The Kier molecular flexibility index (Phi) is 3.89. The van der Waals surface area contributed by atoms with Gasteiger partial charge in [-0.05, 0) is 12.5 Å². The summed E-state index contributed by atoms with van der Waals surface area (Å²) < 4.78 is 10.8. The lowest BCUT2D eigenvalue weighted by molar-refractivity contribution is 0.288. The Bertz CT molecular complexity index is 586. The molecule has 0 aliphatic heterocycles. The molecule has 1 aromatic carbocycles. The van der Waals surface area contributed by atoms with Crippen molar-refractivity contribution in [3.63, 3.8) is 0 Å². The molecular weight excluding hydrogens is 248 g/mol. The van der Waals surface area contributed by atoms with E-state index in [2.05, 4.69) is 16.9 Å². The van der Waals surface area contributed by atoms with Crippen LogP contribution in [-0.4, -0.2) is 33.9 Å². The molecular formula is C13H16N2O4. The molecule has 0 fully saturated rings. The smallest absolute Gasteiger partial charge is 0.317 e. The van der Waals surface area contributed by atoms with E-state index in [-0.39, 0.29) is 5.88 Å². The van der Waals surface area contributed by atoms with Gasteiger partial charge >= 0.3 is 6.01 Å². The summed E-state index contributed by atoms with van der Waals surface area (Å²) in [6.45, 7) is 2.64. The van der Waals surface area contributed by atoms with Gasteiger partial charge in [-0.3, -0.25) is 0 Å². The Morgan fingerprint density at radius 3 is 2.63 bits per heavy atom. The predicted octanol–water partition coefficient (Wildman–Crippen LogP) is 2.23. The summed E-state index contributed by atoms with van der Waals surface area (Å²) in [4.78, 5) is 7.34. The quantitative estimate of drug-likeness (QED) is 0.805. The Morgan fingerprint density at radius 2 is 1.95 bits per heavy atom. The molecule has 0 radical (unpaired) electrons. The monoisotopic (exact) mass is 264 g/mol. The number of nitrogens with zero attached hydrogens (tertiary/aromatic N) is 2. The lowest BCUT2D eigenvalue weighted by atomic mass is 10.2. The molecule has 0 spiro atoms. The molecule has 0 atom stereocenters. The molecule has 0 unspecified atom stereocenters. The molecule has 0 saturated carbocycles. The van der Waals surface area contributed by atoms with Crippen LogP contribution >= 0.6 is 0 Å². The Labute approximate surface area is 110 Å². The maximum absolute atomic E-state index is 9.67. The van der Waals surface area contributed by atoms with Gasteiger partial charge in [0.25, 0.3) is 0 Å². The van der Waals surface area contributed by atoms with Gasteiger partial charge in [-0.2, -0.15) is 9.97 Å². The normalized spacial score (nSPS) is 10.6. The van der Waals surface area contributed by atoms with E-state index in [0.717, 1.165) is 12.8 Å². The fraction of sp³-hybridized carbons (Fsp3) is 0.385. The number of fused-ring (bicyclic) bond motifs is 1. The zero-order valence-corrected chi connectivity index (χ0v) is 10.9. The second-order valence-electron chi connectivity index (χ2n) is 4.07. The third kappa shape index (κ3) is 2.78. The number of hydrogen-bond donors (Lipinski definition) is 2. The first-order chi connectivity index (χ1) is 9.15. The first-order valence-electron chi connectivity index (χ1n) is 6.06. The molecule has 1 heterocycles. The summed E-state index contributed by atoms with van der Waals surface area (Å²) in [7, 11) is 1.52. The first-order valence-corrected chi connectivity index (χ1v) is 6.06. The lowest BCUT2D eigenvalue weighted by Crippen LogP contribution is -1.99. The first kappa shape index (κ1) is 13.2. The minimum Gasteiger partial charge on any atom is -0.493 e. The Morgan fingerprint density at radius 1 is 1.16 bits per heavy atom. The summed E-state index contributed by atoms with van der Waals surface area (Å²) in [6, 6.07) is 2.73. The van der Waals surface area contributed by atoms with Crippen LogP contribution in [0.2, 0.25) is 0 Å². The predicted molar refractivity (Wildman–Crippen MR) is 69.8 cm³/mol. The van der Waals surface area contributed by atoms with Crippen LogP contribution in [0.15, 0.2) is 12.1 Å². The van der Waals surface area contributed by atoms with Crippen LogP contribution in [0.3, 0.4) is 0 Å². The average molecular weight is 264 g/mol. The van der Waals surface area contributed by atoms with Crippen molar-refractivity contribution in [3.05, 3.63) is 12.1 Å². The average Bonchev–Trinajstić information content (AvgIpc) is 2.38. The Balaban J connectivity index is 2.45. The standard InChI is InChI=1S/C13H16N2O4/c1-3-4-5-19-11-7-9-8(6-10(11)18-2)12(16)15-13(17)14-9/h6-7H,3-5H2,1-2H3,(H2,14,15,16,17). The van der Waals surface area contributed by atoms with E-state index in [1.165, 1.54) is 7.11 Å². The number of aromatic nitrogens is 2. The van der Waals surface area contributed by atoms with E-state index in [4.69, 9.17) is 9.47 Å². The van der Waals surface area contributed by atoms with Crippen molar-refractivity contribution < 1.29 is 19.7 Å². The molecule has 1 aromatic heterocycles. The molecule has 2 rings (SSSR count).